The van der Waals surface area contributed by atoms with Crippen LogP contribution in [-0.2, 0) is 6.54 Å². The first-order chi connectivity index (χ1) is 11.2. The lowest BCUT2D eigenvalue weighted by molar-refractivity contribution is -0.384. The number of fused-ring (bicyclic) bond motifs is 1. The van der Waals surface area contributed by atoms with E-state index in [0.717, 1.165) is 31.1 Å². The highest BCUT2D eigenvalue weighted by Crippen LogP contribution is 2.40. The maximum Gasteiger partial charge on any atom is 0.312 e. The van der Waals surface area contributed by atoms with Crippen molar-refractivity contribution in [1.29, 1.82) is 0 Å². The molecule has 1 saturated heterocycles. The van der Waals surface area contributed by atoms with Crippen LogP contribution in [0.4, 0.5) is 11.6 Å². The minimum atomic E-state index is -0.379. The van der Waals surface area contributed by atoms with Crippen LogP contribution in [0.3, 0.4) is 0 Å². The molecule has 1 N–H and O–H groups in total. The Morgan fingerprint density at radius 1 is 1.46 bits per heavy atom. The number of nitro groups is 1. The molecule has 3 rings (SSSR count). The van der Waals surface area contributed by atoms with E-state index in [4.69, 9.17) is 0 Å². The average molecular weight is 461 g/mol. The van der Waals surface area contributed by atoms with Crippen molar-refractivity contribution in [2.24, 2.45) is 0 Å². The zero-order valence-electron chi connectivity index (χ0n) is 13.8. The quantitative estimate of drug-likeness (QED) is 0.558. The van der Waals surface area contributed by atoms with Crippen molar-refractivity contribution in [2.75, 3.05) is 24.5 Å². The van der Waals surface area contributed by atoms with Crippen LogP contribution in [0.1, 0.15) is 20.8 Å². The van der Waals surface area contributed by atoms with Gasteiger partial charge in [-0.1, -0.05) is 0 Å². The van der Waals surface area contributed by atoms with Gasteiger partial charge < -0.3 is 14.8 Å². The SMILES string of the molecule is CCn1c(N2CCNC(C)(C)C2)nc2c([N+](=O)[O-])c(Br)c(Br)cc21. The van der Waals surface area contributed by atoms with Crippen LogP contribution in [-0.4, -0.2) is 39.6 Å². The zero-order valence-corrected chi connectivity index (χ0v) is 16.9. The molecule has 0 bridgehead atoms. The van der Waals surface area contributed by atoms with Crippen molar-refractivity contribution < 1.29 is 4.92 Å². The molecule has 0 amide bonds. The minimum Gasteiger partial charge on any atom is -0.339 e. The third-order valence-corrected chi connectivity index (χ3v) is 6.21. The van der Waals surface area contributed by atoms with E-state index in [1.54, 1.807) is 0 Å². The summed E-state index contributed by atoms with van der Waals surface area (Å²) in [5.74, 6) is 0.787. The monoisotopic (exact) mass is 459 g/mol. The normalized spacial score (nSPS) is 17.5. The van der Waals surface area contributed by atoms with Crippen LogP contribution in [0.2, 0.25) is 0 Å². The van der Waals surface area contributed by atoms with Crippen LogP contribution in [0.5, 0.6) is 0 Å². The van der Waals surface area contributed by atoms with Gasteiger partial charge in [-0.2, -0.15) is 0 Å². The van der Waals surface area contributed by atoms with E-state index in [0.29, 0.717) is 21.0 Å². The molecule has 2 aromatic rings. The van der Waals surface area contributed by atoms with E-state index >= 15 is 0 Å². The number of hydrogen-bond donors (Lipinski definition) is 1. The van der Waals surface area contributed by atoms with Gasteiger partial charge in [-0.15, -0.1) is 0 Å². The van der Waals surface area contributed by atoms with E-state index < -0.39 is 0 Å². The summed E-state index contributed by atoms with van der Waals surface area (Å²) in [6, 6.07) is 1.89. The molecule has 0 saturated carbocycles. The van der Waals surface area contributed by atoms with Gasteiger partial charge in [0, 0.05) is 36.2 Å². The number of imidazole rings is 1. The highest BCUT2D eigenvalue weighted by atomic mass is 79.9. The summed E-state index contributed by atoms with van der Waals surface area (Å²) in [4.78, 5) is 18.0. The summed E-state index contributed by atoms with van der Waals surface area (Å²) in [5.41, 5.74) is 1.17. The molecule has 1 aromatic carbocycles. The fourth-order valence-electron chi connectivity index (χ4n) is 3.21. The number of halogens is 2. The Bertz CT molecular complexity index is 818. The summed E-state index contributed by atoms with van der Waals surface area (Å²) in [5, 5.41) is 15.0. The maximum absolute atomic E-state index is 11.6. The van der Waals surface area contributed by atoms with Gasteiger partial charge in [-0.3, -0.25) is 10.1 Å². The van der Waals surface area contributed by atoms with Gasteiger partial charge >= 0.3 is 5.69 Å². The molecular formula is C15H19Br2N5O2. The number of nitro benzene ring substituents is 1. The van der Waals surface area contributed by atoms with E-state index in [9.17, 15) is 10.1 Å². The van der Waals surface area contributed by atoms with E-state index in [-0.39, 0.29) is 16.1 Å². The van der Waals surface area contributed by atoms with Gasteiger partial charge in [0.05, 0.1) is 10.4 Å². The second-order valence-corrected chi connectivity index (χ2v) is 8.18. The van der Waals surface area contributed by atoms with Gasteiger partial charge in [0.1, 0.15) is 4.47 Å². The van der Waals surface area contributed by atoms with Gasteiger partial charge in [0.25, 0.3) is 0 Å². The molecule has 1 aromatic heterocycles. The van der Waals surface area contributed by atoms with Crippen molar-refractivity contribution in [1.82, 2.24) is 14.9 Å². The molecule has 0 spiro atoms. The highest BCUT2D eigenvalue weighted by molar-refractivity contribution is 9.13. The van der Waals surface area contributed by atoms with Gasteiger partial charge in [0.15, 0.2) is 5.52 Å². The fourth-order valence-corrected chi connectivity index (χ4v) is 4.06. The Labute approximate surface area is 156 Å². The second-order valence-electron chi connectivity index (χ2n) is 6.53. The first-order valence-electron chi connectivity index (χ1n) is 7.78. The van der Waals surface area contributed by atoms with E-state index in [1.807, 2.05) is 17.6 Å². The molecule has 7 nitrogen and oxygen atoms in total. The lowest BCUT2D eigenvalue weighted by Gasteiger charge is -2.39. The van der Waals surface area contributed by atoms with Crippen LogP contribution in [0, 0.1) is 10.1 Å². The first kappa shape index (κ1) is 17.6. The lowest BCUT2D eigenvalue weighted by Crippen LogP contribution is -2.57. The van der Waals surface area contributed by atoms with Crippen LogP contribution in [0.25, 0.3) is 11.0 Å². The molecule has 0 radical (unpaired) electrons. The largest absolute Gasteiger partial charge is 0.339 e. The number of anilines is 1. The highest BCUT2D eigenvalue weighted by Gasteiger charge is 2.31. The van der Waals surface area contributed by atoms with E-state index in [1.165, 1.54) is 0 Å². The van der Waals surface area contributed by atoms with Crippen molar-refractivity contribution in [2.45, 2.75) is 32.9 Å². The molecule has 9 heteroatoms. The second kappa shape index (κ2) is 6.27. The Balaban J connectivity index is 2.23. The summed E-state index contributed by atoms with van der Waals surface area (Å²) >= 11 is 6.72. The molecule has 0 unspecified atom stereocenters. The predicted octanol–water partition coefficient (Wildman–Crippen LogP) is 3.68. The zero-order chi connectivity index (χ0) is 17.6. The fraction of sp³-hybridized carbons (Fsp3) is 0.533. The molecule has 130 valence electrons. The maximum atomic E-state index is 11.6. The Morgan fingerprint density at radius 3 is 2.75 bits per heavy atom. The van der Waals surface area contributed by atoms with Gasteiger partial charge in [-0.05, 0) is 58.7 Å². The number of aryl methyl sites for hydroxylation is 1. The minimum absolute atomic E-state index is 0.00206. The third kappa shape index (κ3) is 2.93. The third-order valence-electron chi connectivity index (χ3n) is 4.25. The lowest BCUT2D eigenvalue weighted by atomic mass is 10.0. The first-order valence-corrected chi connectivity index (χ1v) is 9.36. The topological polar surface area (TPSA) is 76.2 Å². The van der Waals surface area contributed by atoms with Gasteiger partial charge in [0.2, 0.25) is 5.95 Å². The number of nitrogens with zero attached hydrogens (tertiary/aromatic N) is 4. The Kier molecular flexibility index (Phi) is 4.61. The molecule has 24 heavy (non-hydrogen) atoms. The molecule has 0 atom stereocenters. The van der Waals surface area contributed by atoms with Crippen molar-refractivity contribution in [3.63, 3.8) is 0 Å². The number of aromatic nitrogens is 2. The summed E-state index contributed by atoms with van der Waals surface area (Å²) in [6.45, 7) is 9.49. The van der Waals surface area contributed by atoms with Crippen molar-refractivity contribution >= 4 is 54.5 Å². The van der Waals surface area contributed by atoms with Gasteiger partial charge in [-0.25, -0.2) is 4.98 Å². The van der Waals surface area contributed by atoms with Crippen LogP contribution >= 0.6 is 31.9 Å². The van der Waals surface area contributed by atoms with Crippen LogP contribution < -0.4 is 10.2 Å². The summed E-state index contributed by atoms with van der Waals surface area (Å²) in [7, 11) is 0. The van der Waals surface area contributed by atoms with Crippen LogP contribution in [0.15, 0.2) is 15.0 Å². The summed E-state index contributed by atoms with van der Waals surface area (Å²) in [6.07, 6.45) is 0. The Hall–Kier alpha value is -1.19. The number of nitrogens with one attached hydrogen (secondary N) is 1. The molecule has 1 fully saturated rings. The van der Waals surface area contributed by atoms with Crippen molar-refractivity contribution in [3.05, 3.63) is 25.1 Å². The molecule has 1 aliphatic rings. The van der Waals surface area contributed by atoms with Crippen molar-refractivity contribution in [3.8, 4) is 0 Å². The van der Waals surface area contributed by atoms with E-state index in [2.05, 4.69) is 60.9 Å². The number of hydrogen-bond acceptors (Lipinski definition) is 5. The smallest absolute Gasteiger partial charge is 0.312 e. The number of benzene rings is 1. The number of piperazine rings is 1. The molecular weight excluding hydrogens is 442 g/mol. The Morgan fingerprint density at radius 2 is 2.17 bits per heavy atom. The number of rotatable bonds is 3. The predicted molar refractivity (Wildman–Crippen MR) is 102 cm³/mol. The standard InChI is InChI=1S/C15H19Br2N5O2/c1-4-21-10-7-9(16)11(17)13(22(23)24)12(10)19-14(21)20-6-5-18-15(2,3)8-20/h7,18H,4-6,8H2,1-3H3. The average Bonchev–Trinajstić information content (AvgIpc) is 2.84. The molecule has 2 heterocycles. The molecule has 0 aliphatic carbocycles. The summed E-state index contributed by atoms with van der Waals surface area (Å²) < 4.78 is 3.12. The molecule has 1 aliphatic heterocycles.